The standard InChI is InChI=1S/C29H27Cl3N4S2/c1-5-21-25(27-33-28(37)29(2,3)35(27)4)34-36(23-14-11-19(31)16-22(23)32)26(21)24-15-13-20(38-24)12-8-17-6-9-18(30)10-7-17/h6-7,9-11,13-16H,5,8,12H2,1-4H3. The lowest BCUT2D eigenvalue weighted by Gasteiger charge is -2.29. The Hall–Kier alpha value is -2.22. The van der Waals surface area contributed by atoms with Crippen LogP contribution in [0.25, 0.3) is 16.3 Å². The van der Waals surface area contributed by atoms with Crippen LogP contribution in [-0.2, 0) is 19.3 Å². The van der Waals surface area contributed by atoms with E-state index in [1.807, 2.05) is 36.0 Å². The largest absolute Gasteiger partial charge is 0.346 e. The highest BCUT2D eigenvalue weighted by Gasteiger charge is 2.40. The van der Waals surface area contributed by atoms with Crippen LogP contribution in [0.3, 0.4) is 0 Å². The molecule has 38 heavy (non-hydrogen) atoms. The Kier molecular flexibility index (Phi) is 7.73. The number of benzene rings is 2. The molecule has 0 N–H and O–H groups in total. The normalized spacial score (nSPS) is 14.9. The molecule has 1 aliphatic rings. The second kappa shape index (κ2) is 10.7. The number of aliphatic imine (C=N–C) groups is 1. The summed E-state index contributed by atoms with van der Waals surface area (Å²) in [5, 5.41) is 6.98. The number of aromatic nitrogens is 2. The summed E-state index contributed by atoms with van der Waals surface area (Å²) in [5.41, 5.74) is 4.61. The van der Waals surface area contributed by atoms with E-state index in [-0.39, 0.29) is 5.54 Å². The van der Waals surface area contributed by atoms with Crippen molar-refractivity contribution in [2.45, 2.75) is 45.6 Å². The van der Waals surface area contributed by atoms with Crippen molar-refractivity contribution in [3.05, 3.63) is 91.4 Å². The quantitative estimate of drug-likeness (QED) is 0.199. The summed E-state index contributed by atoms with van der Waals surface area (Å²) in [7, 11) is 2.02. The van der Waals surface area contributed by atoms with Gasteiger partial charge in [0, 0.05) is 27.5 Å². The third-order valence-corrected chi connectivity index (χ3v) is 9.57. The second-order valence-electron chi connectivity index (χ2n) is 9.79. The van der Waals surface area contributed by atoms with Gasteiger partial charge in [-0.25, -0.2) is 9.67 Å². The number of aryl methyl sites for hydroxylation is 2. The number of likely N-dealkylation sites (N-methyl/N-ethyl adjacent to an activating group) is 1. The van der Waals surface area contributed by atoms with Gasteiger partial charge < -0.3 is 4.90 Å². The molecule has 4 nitrogen and oxygen atoms in total. The smallest absolute Gasteiger partial charge is 0.158 e. The Bertz CT molecular complexity index is 1550. The van der Waals surface area contributed by atoms with Gasteiger partial charge in [0.1, 0.15) is 10.7 Å². The topological polar surface area (TPSA) is 33.4 Å². The maximum Gasteiger partial charge on any atom is 0.158 e. The lowest BCUT2D eigenvalue weighted by atomic mass is 10.0. The van der Waals surface area contributed by atoms with Gasteiger partial charge in [-0.05, 0) is 81.1 Å². The molecule has 9 heteroatoms. The number of amidine groups is 1. The van der Waals surface area contributed by atoms with Crippen LogP contribution < -0.4 is 0 Å². The van der Waals surface area contributed by atoms with Crippen LogP contribution >= 0.6 is 58.4 Å². The number of halogens is 3. The molecule has 0 aliphatic carbocycles. The van der Waals surface area contributed by atoms with Gasteiger partial charge in [0.15, 0.2) is 5.84 Å². The molecule has 0 amide bonds. The summed E-state index contributed by atoms with van der Waals surface area (Å²) >= 11 is 26.4. The van der Waals surface area contributed by atoms with E-state index in [0.29, 0.717) is 15.0 Å². The molecule has 5 rings (SSSR count). The van der Waals surface area contributed by atoms with Crippen LogP contribution in [0.1, 0.15) is 42.5 Å². The summed E-state index contributed by atoms with van der Waals surface area (Å²) in [6.07, 6.45) is 2.65. The highest BCUT2D eigenvalue weighted by Crippen LogP contribution is 2.38. The average Bonchev–Trinajstić information content (AvgIpc) is 3.55. The number of rotatable bonds is 7. The summed E-state index contributed by atoms with van der Waals surface area (Å²) in [4.78, 5) is 9.98. The molecule has 0 radical (unpaired) electrons. The van der Waals surface area contributed by atoms with Gasteiger partial charge in [-0.15, -0.1) is 11.3 Å². The highest BCUT2D eigenvalue weighted by molar-refractivity contribution is 7.80. The number of hydrogen-bond donors (Lipinski definition) is 0. The summed E-state index contributed by atoms with van der Waals surface area (Å²) < 4.78 is 1.94. The van der Waals surface area contributed by atoms with E-state index in [2.05, 4.69) is 49.9 Å². The summed E-state index contributed by atoms with van der Waals surface area (Å²) in [6, 6.07) is 17.9. The molecule has 0 atom stereocenters. The van der Waals surface area contributed by atoms with Crippen LogP contribution in [0.15, 0.2) is 59.6 Å². The minimum Gasteiger partial charge on any atom is -0.346 e. The number of hydrogen-bond acceptors (Lipinski definition) is 4. The molecule has 0 saturated carbocycles. The molecule has 0 bridgehead atoms. The third kappa shape index (κ3) is 5.05. The monoisotopic (exact) mass is 600 g/mol. The molecule has 2 aromatic heterocycles. The Labute approximate surface area is 247 Å². The van der Waals surface area contributed by atoms with Crippen molar-refractivity contribution in [1.29, 1.82) is 0 Å². The molecule has 1 aliphatic heterocycles. The average molecular weight is 602 g/mol. The Morgan fingerprint density at radius 1 is 0.947 bits per heavy atom. The first kappa shape index (κ1) is 27.4. The van der Waals surface area contributed by atoms with E-state index in [4.69, 9.17) is 57.1 Å². The molecule has 0 saturated heterocycles. The Balaban J connectivity index is 1.60. The van der Waals surface area contributed by atoms with Gasteiger partial charge in [0.05, 0.1) is 26.8 Å². The van der Waals surface area contributed by atoms with E-state index in [9.17, 15) is 0 Å². The molecule has 0 spiro atoms. The minimum atomic E-state index is -0.366. The van der Waals surface area contributed by atoms with Crippen molar-refractivity contribution < 1.29 is 0 Å². The zero-order valence-electron chi connectivity index (χ0n) is 21.6. The molecule has 2 aromatic carbocycles. The van der Waals surface area contributed by atoms with Crippen molar-refractivity contribution in [2.24, 2.45) is 4.99 Å². The molecule has 0 unspecified atom stereocenters. The zero-order chi connectivity index (χ0) is 27.2. The van der Waals surface area contributed by atoms with E-state index in [1.54, 1.807) is 17.4 Å². The molecule has 3 heterocycles. The fourth-order valence-electron chi connectivity index (χ4n) is 4.53. The van der Waals surface area contributed by atoms with Crippen LogP contribution in [0.4, 0.5) is 0 Å². The SMILES string of the molecule is CCc1c(C2=NC(=S)C(C)(C)N2C)nn(-c2ccc(Cl)cc2Cl)c1-c1ccc(CCc2ccc(Cl)cc2)s1. The Morgan fingerprint density at radius 3 is 2.29 bits per heavy atom. The predicted octanol–water partition coefficient (Wildman–Crippen LogP) is 8.71. The van der Waals surface area contributed by atoms with Crippen molar-refractivity contribution >= 4 is 69.2 Å². The molecule has 196 valence electrons. The van der Waals surface area contributed by atoms with Crippen molar-refractivity contribution in [3.8, 4) is 16.3 Å². The lowest BCUT2D eigenvalue weighted by molar-refractivity contribution is 0.363. The van der Waals surface area contributed by atoms with Crippen molar-refractivity contribution in [2.75, 3.05) is 7.05 Å². The molecule has 0 fully saturated rings. The van der Waals surface area contributed by atoms with Gasteiger partial charge in [-0.3, -0.25) is 0 Å². The lowest BCUT2D eigenvalue weighted by Crippen LogP contribution is -2.44. The maximum atomic E-state index is 6.71. The Morgan fingerprint density at radius 2 is 1.66 bits per heavy atom. The van der Waals surface area contributed by atoms with E-state index < -0.39 is 0 Å². The number of nitrogens with zero attached hydrogens (tertiary/aromatic N) is 4. The fourth-order valence-corrected chi connectivity index (χ4v) is 6.43. The molecule has 4 aromatic rings. The van der Waals surface area contributed by atoms with Crippen molar-refractivity contribution in [1.82, 2.24) is 14.7 Å². The first-order valence-corrected chi connectivity index (χ1v) is 14.7. The minimum absolute atomic E-state index is 0.366. The van der Waals surface area contributed by atoms with Crippen LogP contribution in [0, 0.1) is 0 Å². The van der Waals surface area contributed by atoms with E-state index >= 15 is 0 Å². The van der Waals surface area contributed by atoms with Gasteiger partial charge in [-0.2, -0.15) is 5.10 Å². The maximum absolute atomic E-state index is 6.71. The van der Waals surface area contributed by atoms with Gasteiger partial charge in [0.25, 0.3) is 0 Å². The van der Waals surface area contributed by atoms with E-state index in [0.717, 1.165) is 57.6 Å². The highest BCUT2D eigenvalue weighted by atomic mass is 35.5. The van der Waals surface area contributed by atoms with Crippen LogP contribution in [0.2, 0.25) is 15.1 Å². The van der Waals surface area contributed by atoms with Gasteiger partial charge >= 0.3 is 0 Å². The summed E-state index contributed by atoms with van der Waals surface area (Å²) in [6.45, 7) is 6.31. The van der Waals surface area contributed by atoms with E-state index in [1.165, 1.54) is 10.4 Å². The van der Waals surface area contributed by atoms with Crippen molar-refractivity contribution in [3.63, 3.8) is 0 Å². The first-order valence-electron chi connectivity index (χ1n) is 12.4. The summed E-state index contributed by atoms with van der Waals surface area (Å²) in [5.74, 6) is 0.779. The van der Waals surface area contributed by atoms with Crippen LogP contribution in [0.5, 0.6) is 0 Å². The van der Waals surface area contributed by atoms with Crippen LogP contribution in [-0.4, -0.2) is 38.1 Å². The first-order chi connectivity index (χ1) is 18.1. The molecular weight excluding hydrogens is 575 g/mol. The predicted molar refractivity (Wildman–Crippen MR) is 166 cm³/mol. The van der Waals surface area contributed by atoms with Gasteiger partial charge in [-0.1, -0.05) is 66.1 Å². The third-order valence-electron chi connectivity index (χ3n) is 7.04. The molecular formula is C29H27Cl3N4S2. The zero-order valence-corrected chi connectivity index (χ0v) is 25.5. The second-order valence-corrected chi connectivity index (χ2v) is 12.6. The number of thiophene rings is 1. The number of thiocarbonyl (C=S) groups is 1. The van der Waals surface area contributed by atoms with Gasteiger partial charge in [0.2, 0.25) is 0 Å². The fraction of sp³-hybridized carbons (Fsp3) is 0.276.